The summed E-state index contributed by atoms with van der Waals surface area (Å²) in [5.41, 5.74) is 1.25. The van der Waals surface area contributed by atoms with Gasteiger partial charge in [0.25, 0.3) is 0 Å². The summed E-state index contributed by atoms with van der Waals surface area (Å²) < 4.78 is 7.12. The lowest BCUT2D eigenvalue weighted by Gasteiger charge is -2.25. The zero-order valence-corrected chi connectivity index (χ0v) is 13.7. The Morgan fingerprint density at radius 1 is 1.29 bits per heavy atom. The molecule has 1 N–H and O–H groups in total. The Bertz CT molecular complexity index is 491. The van der Waals surface area contributed by atoms with Crippen LogP contribution in [-0.4, -0.2) is 41.4 Å². The maximum atomic E-state index is 11.9. The van der Waals surface area contributed by atoms with Gasteiger partial charge in [0.15, 0.2) is 5.75 Å². The summed E-state index contributed by atoms with van der Waals surface area (Å²) in [6.07, 6.45) is 2.10. The monoisotopic (exact) mass is 296 g/mol. The highest BCUT2D eigenvalue weighted by Gasteiger charge is 2.16. The van der Waals surface area contributed by atoms with Crippen molar-refractivity contribution in [3.8, 4) is 5.75 Å². The second-order valence-electron chi connectivity index (χ2n) is 5.37. The number of aromatic hydroxyl groups is 1. The minimum atomic E-state index is -0.302. The van der Waals surface area contributed by atoms with Crippen LogP contribution in [0, 0.1) is 6.92 Å². The van der Waals surface area contributed by atoms with Crippen LogP contribution in [0.5, 0.6) is 5.75 Å². The Morgan fingerprint density at radius 3 is 2.43 bits per heavy atom. The molecule has 0 amide bonds. The third-order valence-electron chi connectivity index (χ3n) is 3.57. The van der Waals surface area contributed by atoms with E-state index < -0.39 is 0 Å². The molecular formula is C16H28N2O3. The average molecular weight is 296 g/mol. The van der Waals surface area contributed by atoms with E-state index in [0.717, 1.165) is 31.6 Å². The van der Waals surface area contributed by atoms with E-state index in [1.165, 1.54) is 6.07 Å². The Labute approximate surface area is 127 Å². The molecule has 0 unspecified atom stereocenters. The number of methoxy groups -OCH3 is 1. The van der Waals surface area contributed by atoms with Gasteiger partial charge in [0.2, 0.25) is 5.43 Å². The van der Waals surface area contributed by atoms with Gasteiger partial charge in [-0.2, -0.15) is 0 Å². The highest BCUT2D eigenvalue weighted by Crippen LogP contribution is 2.17. The number of pyridine rings is 1. The van der Waals surface area contributed by atoms with Gasteiger partial charge in [-0.1, -0.05) is 13.8 Å². The highest BCUT2D eigenvalue weighted by atomic mass is 16.5. The normalized spacial score (nSPS) is 11.3. The van der Waals surface area contributed by atoms with Crippen molar-refractivity contribution in [3.63, 3.8) is 0 Å². The van der Waals surface area contributed by atoms with E-state index in [-0.39, 0.29) is 11.2 Å². The van der Waals surface area contributed by atoms with Gasteiger partial charge >= 0.3 is 0 Å². The average Bonchev–Trinajstić information content (AvgIpc) is 2.44. The first kappa shape index (κ1) is 17.7. The summed E-state index contributed by atoms with van der Waals surface area (Å²) in [5.74, 6) is -0.131. The quantitative estimate of drug-likeness (QED) is 0.758. The van der Waals surface area contributed by atoms with Gasteiger partial charge in [-0.25, -0.2) is 0 Å². The lowest BCUT2D eigenvalue weighted by molar-refractivity contribution is 0.182. The molecule has 0 atom stereocenters. The summed E-state index contributed by atoms with van der Waals surface area (Å²) in [4.78, 5) is 14.1. The lowest BCUT2D eigenvalue weighted by Crippen LogP contribution is -2.29. The predicted molar refractivity (Wildman–Crippen MR) is 84.8 cm³/mol. The van der Waals surface area contributed by atoms with Crippen molar-refractivity contribution in [2.45, 2.75) is 46.7 Å². The second kappa shape index (κ2) is 8.85. The van der Waals surface area contributed by atoms with Gasteiger partial charge < -0.3 is 14.4 Å². The number of rotatable bonds is 9. The summed E-state index contributed by atoms with van der Waals surface area (Å²) in [6.45, 7) is 9.86. The minimum absolute atomic E-state index is 0.131. The van der Waals surface area contributed by atoms with Gasteiger partial charge in [0.1, 0.15) is 0 Å². The first-order valence-corrected chi connectivity index (χ1v) is 7.68. The Hall–Kier alpha value is -1.33. The second-order valence-corrected chi connectivity index (χ2v) is 5.37. The van der Waals surface area contributed by atoms with E-state index >= 15 is 0 Å². The number of aromatic nitrogens is 1. The molecule has 1 aromatic heterocycles. The van der Waals surface area contributed by atoms with Crippen molar-refractivity contribution in [2.75, 3.05) is 26.8 Å². The van der Waals surface area contributed by atoms with Gasteiger partial charge in [-0.3, -0.25) is 9.69 Å². The van der Waals surface area contributed by atoms with Crippen LogP contribution >= 0.6 is 0 Å². The first-order valence-electron chi connectivity index (χ1n) is 7.68. The lowest BCUT2D eigenvalue weighted by atomic mass is 10.2. The Morgan fingerprint density at radius 2 is 1.90 bits per heavy atom. The van der Waals surface area contributed by atoms with Gasteiger partial charge in [0.05, 0.1) is 12.3 Å². The molecule has 0 aliphatic carbocycles. The van der Waals surface area contributed by atoms with E-state index in [1.54, 1.807) is 7.11 Å². The Balaban J connectivity index is 3.14. The summed E-state index contributed by atoms with van der Waals surface area (Å²) in [7, 11) is 1.65. The maximum Gasteiger partial charge on any atom is 0.223 e. The predicted octanol–water partition coefficient (Wildman–Crippen LogP) is 2.13. The maximum absolute atomic E-state index is 11.9. The van der Waals surface area contributed by atoms with Crippen molar-refractivity contribution < 1.29 is 9.84 Å². The zero-order valence-electron chi connectivity index (χ0n) is 13.7. The molecule has 0 saturated heterocycles. The molecule has 1 heterocycles. The number of aryl methyl sites for hydroxylation is 1. The molecule has 0 fully saturated rings. The van der Waals surface area contributed by atoms with Crippen LogP contribution in [0.2, 0.25) is 0 Å². The van der Waals surface area contributed by atoms with E-state index in [1.807, 2.05) is 11.5 Å². The van der Waals surface area contributed by atoms with Crippen molar-refractivity contribution in [3.05, 3.63) is 27.7 Å². The molecule has 5 heteroatoms. The van der Waals surface area contributed by atoms with Gasteiger partial charge in [0, 0.05) is 32.0 Å². The molecule has 0 spiro atoms. The fourth-order valence-electron chi connectivity index (χ4n) is 2.59. The van der Waals surface area contributed by atoms with Crippen LogP contribution in [0.25, 0.3) is 0 Å². The van der Waals surface area contributed by atoms with E-state index in [0.29, 0.717) is 25.4 Å². The molecule has 21 heavy (non-hydrogen) atoms. The molecule has 1 rings (SSSR count). The summed E-state index contributed by atoms with van der Waals surface area (Å²) in [6, 6.07) is 1.48. The molecule has 1 aromatic rings. The molecule has 0 saturated carbocycles. The summed E-state index contributed by atoms with van der Waals surface area (Å²) >= 11 is 0. The van der Waals surface area contributed by atoms with Crippen LogP contribution in [0.3, 0.4) is 0 Å². The smallest absolute Gasteiger partial charge is 0.223 e. The van der Waals surface area contributed by atoms with Crippen LogP contribution < -0.4 is 5.43 Å². The van der Waals surface area contributed by atoms with Crippen LogP contribution in [0.4, 0.5) is 0 Å². The number of ether oxygens (including phenoxy) is 1. The molecule has 0 bridgehead atoms. The summed E-state index contributed by atoms with van der Waals surface area (Å²) in [5, 5.41) is 10.2. The fraction of sp³-hybridized carbons (Fsp3) is 0.688. The Kier molecular flexibility index (Phi) is 7.47. The van der Waals surface area contributed by atoms with Crippen molar-refractivity contribution in [2.24, 2.45) is 0 Å². The third-order valence-corrected chi connectivity index (χ3v) is 3.57. The van der Waals surface area contributed by atoms with Crippen molar-refractivity contribution in [1.29, 1.82) is 0 Å². The number of hydrogen-bond acceptors (Lipinski definition) is 4. The van der Waals surface area contributed by atoms with Crippen LogP contribution in [-0.2, 0) is 17.8 Å². The number of nitrogens with zero attached hydrogens (tertiary/aromatic N) is 2. The minimum Gasteiger partial charge on any atom is -0.503 e. The fourth-order valence-corrected chi connectivity index (χ4v) is 2.59. The zero-order chi connectivity index (χ0) is 15.8. The largest absolute Gasteiger partial charge is 0.503 e. The first-order chi connectivity index (χ1) is 10.0. The highest BCUT2D eigenvalue weighted by molar-refractivity contribution is 5.29. The standard InChI is InChI=1S/C16H28N2O3/c1-5-7-17(8-6-2)12-14-16(20)15(19)11-13(3)18(14)9-10-21-4/h11,20H,5-10,12H2,1-4H3. The molecule has 120 valence electrons. The van der Waals surface area contributed by atoms with Crippen molar-refractivity contribution in [1.82, 2.24) is 9.47 Å². The number of hydrogen-bond donors (Lipinski definition) is 1. The molecule has 0 aliphatic heterocycles. The van der Waals surface area contributed by atoms with Gasteiger partial charge in [-0.15, -0.1) is 0 Å². The molecule has 5 nitrogen and oxygen atoms in total. The van der Waals surface area contributed by atoms with E-state index in [2.05, 4.69) is 18.7 Å². The molecular weight excluding hydrogens is 268 g/mol. The van der Waals surface area contributed by atoms with Crippen LogP contribution in [0.1, 0.15) is 38.1 Å². The van der Waals surface area contributed by atoms with Crippen LogP contribution in [0.15, 0.2) is 10.9 Å². The van der Waals surface area contributed by atoms with E-state index in [4.69, 9.17) is 4.74 Å². The van der Waals surface area contributed by atoms with Crippen molar-refractivity contribution >= 4 is 0 Å². The third kappa shape index (κ3) is 4.86. The van der Waals surface area contributed by atoms with Gasteiger partial charge in [-0.05, 0) is 32.9 Å². The SMILES string of the molecule is CCCN(CCC)Cc1c(O)c(=O)cc(C)n1CCOC. The molecule has 0 aromatic carbocycles. The topological polar surface area (TPSA) is 54.7 Å². The molecule has 0 radical (unpaired) electrons. The van der Waals surface area contributed by atoms with E-state index in [9.17, 15) is 9.90 Å². The molecule has 0 aliphatic rings.